The van der Waals surface area contributed by atoms with Crippen molar-refractivity contribution in [3.05, 3.63) is 30.3 Å². The summed E-state index contributed by atoms with van der Waals surface area (Å²) in [5.74, 6) is 0.522. The summed E-state index contributed by atoms with van der Waals surface area (Å²) in [4.78, 5) is 6.33. The third kappa shape index (κ3) is 3.22. The van der Waals surface area contributed by atoms with Gasteiger partial charge in [0.25, 0.3) is 0 Å². The SMILES string of the molecule is N#CCCN(C(N)=NC1CC1)c1ccccc1. The molecule has 0 bridgehead atoms. The first-order valence-electron chi connectivity index (χ1n) is 5.84. The first kappa shape index (κ1) is 11.5. The normalized spacial score (nSPS) is 15.4. The highest BCUT2D eigenvalue weighted by molar-refractivity contribution is 5.95. The topological polar surface area (TPSA) is 65.4 Å². The van der Waals surface area contributed by atoms with Gasteiger partial charge in [-0.2, -0.15) is 5.26 Å². The number of aliphatic imine (C=N–C) groups is 1. The number of nitrogens with two attached hydrogens (primary N) is 1. The van der Waals surface area contributed by atoms with E-state index in [4.69, 9.17) is 11.0 Å². The molecule has 1 aromatic carbocycles. The van der Waals surface area contributed by atoms with Gasteiger partial charge in [-0.25, -0.2) is 4.99 Å². The molecule has 0 unspecified atom stereocenters. The van der Waals surface area contributed by atoms with Crippen LogP contribution in [0.4, 0.5) is 5.69 Å². The van der Waals surface area contributed by atoms with Crippen LogP contribution in [0.3, 0.4) is 0 Å². The van der Waals surface area contributed by atoms with Gasteiger partial charge in [0, 0.05) is 12.2 Å². The predicted octanol–water partition coefficient (Wildman–Crippen LogP) is 1.88. The molecule has 0 spiro atoms. The van der Waals surface area contributed by atoms with Crippen molar-refractivity contribution in [3.8, 4) is 6.07 Å². The molecular formula is C13H16N4. The lowest BCUT2D eigenvalue weighted by Crippen LogP contribution is -2.38. The minimum atomic E-state index is 0.392. The summed E-state index contributed by atoms with van der Waals surface area (Å²) in [7, 11) is 0. The van der Waals surface area contributed by atoms with Crippen molar-refractivity contribution in [2.45, 2.75) is 25.3 Å². The van der Waals surface area contributed by atoms with Gasteiger partial charge in [0.1, 0.15) is 0 Å². The molecule has 0 atom stereocenters. The quantitative estimate of drug-likeness (QED) is 0.632. The summed E-state index contributed by atoms with van der Waals surface area (Å²) >= 11 is 0. The number of rotatable bonds is 4. The number of para-hydroxylation sites is 1. The van der Waals surface area contributed by atoms with E-state index < -0.39 is 0 Å². The number of guanidine groups is 1. The van der Waals surface area contributed by atoms with E-state index in [-0.39, 0.29) is 0 Å². The molecule has 2 N–H and O–H groups in total. The van der Waals surface area contributed by atoms with Crippen molar-refractivity contribution in [1.29, 1.82) is 5.26 Å². The van der Waals surface area contributed by atoms with E-state index in [1.165, 1.54) is 0 Å². The van der Waals surface area contributed by atoms with Crippen molar-refractivity contribution in [3.63, 3.8) is 0 Å². The van der Waals surface area contributed by atoms with Crippen molar-refractivity contribution < 1.29 is 0 Å². The van der Waals surface area contributed by atoms with Gasteiger partial charge >= 0.3 is 0 Å². The second kappa shape index (κ2) is 5.35. The van der Waals surface area contributed by atoms with Crippen molar-refractivity contribution >= 4 is 11.6 Å². The highest BCUT2D eigenvalue weighted by Gasteiger charge is 2.22. The Bertz CT molecular complexity index is 428. The van der Waals surface area contributed by atoms with Gasteiger partial charge in [0.05, 0.1) is 18.5 Å². The molecule has 17 heavy (non-hydrogen) atoms. The minimum absolute atomic E-state index is 0.392. The minimum Gasteiger partial charge on any atom is -0.370 e. The molecule has 1 aliphatic carbocycles. The fourth-order valence-electron chi connectivity index (χ4n) is 1.61. The summed E-state index contributed by atoms with van der Waals surface area (Å²) in [6.45, 7) is 0.586. The molecule has 4 nitrogen and oxygen atoms in total. The Morgan fingerprint density at radius 1 is 1.41 bits per heavy atom. The molecule has 1 saturated carbocycles. The lowest BCUT2D eigenvalue weighted by Gasteiger charge is -2.22. The molecule has 1 aliphatic rings. The standard InChI is InChI=1S/C13H16N4/c14-9-4-10-17(12-5-2-1-3-6-12)13(15)16-11-7-8-11/h1-3,5-6,11H,4,7-8,10H2,(H2,15,16). The molecule has 0 saturated heterocycles. The van der Waals surface area contributed by atoms with Crippen LogP contribution in [0, 0.1) is 11.3 Å². The molecular weight excluding hydrogens is 212 g/mol. The maximum atomic E-state index is 8.68. The van der Waals surface area contributed by atoms with Gasteiger partial charge in [-0.1, -0.05) is 18.2 Å². The first-order chi connectivity index (χ1) is 8.31. The maximum absolute atomic E-state index is 8.68. The van der Waals surface area contributed by atoms with Crippen LogP contribution in [0.2, 0.25) is 0 Å². The van der Waals surface area contributed by atoms with E-state index in [0.29, 0.717) is 25.0 Å². The van der Waals surface area contributed by atoms with Crippen molar-refractivity contribution in [2.24, 2.45) is 10.7 Å². The van der Waals surface area contributed by atoms with Crippen LogP contribution in [0.25, 0.3) is 0 Å². The summed E-state index contributed by atoms with van der Waals surface area (Å²) in [6, 6.07) is 12.4. The number of benzene rings is 1. The van der Waals surface area contributed by atoms with Gasteiger partial charge in [-0.3, -0.25) is 0 Å². The van der Waals surface area contributed by atoms with Gasteiger partial charge in [-0.15, -0.1) is 0 Å². The molecule has 1 fully saturated rings. The number of nitriles is 1. The summed E-state index contributed by atoms with van der Waals surface area (Å²) < 4.78 is 0. The second-order valence-corrected chi connectivity index (χ2v) is 4.11. The van der Waals surface area contributed by atoms with Crippen LogP contribution in [-0.2, 0) is 0 Å². The van der Waals surface area contributed by atoms with Crippen LogP contribution in [0.15, 0.2) is 35.3 Å². The van der Waals surface area contributed by atoms with Crippen molar-refractivity contribution in [1.82, 2.24) is 0 Å². The van der Waals surface area contributed by atoms with Gasteiger partial charge in [0.2, 0.25) is 0 Å². The molecule has 4 heteroatoms. The van der Waals surface area contributed by atoms with Crippen LogP contribution in [0.1, 0.15) is 19.3 Å². The molecule has 1 aromatic rings. The molecule has 0 amide bonds. The van der Waals surface area contributed by atoms with E-state index in [2.05, 4.69) is 11.1 Å². The maximum Gasteiger partial charge on any atom is 0.196 e. The fourth-order valence-corrected chi connectivity index (χ4v) is 1.61. The lowest BCUT2D eigenvalue weighted by molar-refractivity contribution is 0.940. The molecule has 0 heterocycles. The smallest absolute Gasteiger partial charge is 0.196 e. The predicted molar refractivity (Wildman–Crippen MR) is 68.7 cm³/mol. The van der Waals surface area contributed by atoms with Crippen molar-refractivity contribution in [2.75, 3.05) is 11.4 Å². The van der Waals surface area contributed by atoms with Gasteiger partial charge in [-0.05, 0) is 25.0 Å². The Hall–Kier alpha value is -2.02. The Balaban J connectivity index is 2.15. The van der Waals surface area contributed by atoms with Crippen LogP contribution >= 0.6 is 0 Å². The number of nitrogens with zero attached hydrogens (tertiary/aromatic N) is 3. The number of hydrogen-bond donors (Lipinski definition) is 1. The zero-order valence-electron chi connectivity index (χ0n) is 9.71. The number of hydrogen-bond acceptors (Lipinski definition) is 2. The monoisotopic (exact) mass is 228 g/mol. The largest absolute Gasteiger partial charge is 0.370 e. The Kier molecular flexibility index (Phi) is 3.61. The molecule has 0 aliphatic heterocycles. The van der Waals surface area contributed by atoms with Crippen LogP contribution < -0.4 is 10.6 Å². The lowest BCUT2D eigenvalue weighted by atomic mass is 10.3. The highest BCUT2D eigenvalue weighted by atomic mass is 15.3. The Morgan fingerprint density at radius 3 is 2.71 bits per heavy atom. The Labute approximate surface area is 101 Å². The van der Waals surface area contributed by atoms with E-state index in [1.807, 2.05) is 35.2 Å². The zero-order chi connectivity index (χ0) is 12.1. The van der Waals surface area contributed by atoms with E-state index in [1.54, 1.807) is 0 Å². The molecule has 88 valence electrons. The van der Waals surface area contributed by atoms with E-state index in [9.17, 15) is 0 Å². The summed E-state index contributed by atoms with van der Waals surface area (Å²) in [5.41, 5.74) is 6.99. The average molecular weight is 228 g/mol. The highest BCUT2D eigenvalue weighted by Crippen LogP contribution is 2.24. The van der Waals surface area contributed by atoms with Gasteiger partial charge < -0.3 is 10.6 Å². The molecule has 0 aromatic heterocycles. The van der Waals surface area contributed by atoms with Gasteiger partial charge in [0.15, 0.2) is 5.96 Å². The third-order valence-electron chi connectivity index (χ3n) is 2.65. The average Bonchev–Trinajstić information content (AvgIpc) is 3.15. The van der Waals surface area contributed by atoms with E-state index in [0.717, 1.165) is 18.5 Å². The third-order valence-corrected chi connectivity index (χ3v) is 2.65. The van der Waals surface area contributed by atoms with Crippen LogP contribution in [0.5, 0.6) is 0 Å². The fraction of sp³-hybridized carbons (Fsp3) is 0.385. The first-order valence-corrected chi connectivity index (χ1v) is 5.84. The Morgan fingerprint density at radius 2 is 2.12 bits per heavy atom. The molecule has 0 radical (unpaired) electrons. The molecule has 2 rings (SSSR count). The number of anilines is 1. The second-order valence-electron chi connectivity index (χ2n) is 4.11. The summed E-state index contributed by atoms with van der Waals surface area (Å²) in [6.07, 6.45) is 2.69. The summed E-state index contributed by atoms with van der Waals surface area (Å²) in [5, 5.41) is 8.68. The van der Waals surface area contributed by atoms with E-state index >= 15 is 0 Å². The zero-order valence-corrected chi connectivity index (χ0v) is 9.71. The van der Waals surface area contributed by atoms with Crippen LogP contribution in [-0.4, -0.2) is 18.5 Å².